The van der Waals surface area contributed by atoms with Crippen molar-refractivity contribution in [1.82, 2.24) is 5.32 Å². The predicted molar refractivity (Wildman–Crippen MR) is 66.4 cm³/mol. The average Bonchev–Trinajstić information content (AvgIpc) is 2.26. The molecule has 82 valence electrons. The van der Waals surface area contributed by atoms with Gasteiger partial charge in [-0.05, 0) is 34.0 Å². The molecule has 15 heavy (non-hydrogen) atoms. The van der Waals surface area contributed by atoms with Crippen LogP contribution in [0.25, 0.3) is 0 Å². The van der Waals surface area contributed by atoms with Crippen LogP contribution in [0, 0.1) is 5.92 Å². The van der Waals surface area contributed by atoms with Crippen molar-refractivity contribution in [3.63, 3.8) is 0 Å². The first-order chi connectivity index (χ1) is 7.15. The number of alkyl halides is 1. The van der Waals surface area contributed by atoms with Crippen molar-refractivity contribution in [2.75, 3.05) is 12.4 Å². The molecule has 0 heterocycles. The van der Waals surface area contributed by atoms with Gasteiger partial charge in [-0.1, -0.05) is 19.1 Å². The van der Waals surface area contributed by atoms with Crippen molar-refractivity contribution in [3.8, 4) is 0 Å². The molecule has 0 aliphatic carbocycles. The van der Waals surface area contributed by atoms with Crippen molar-refractivity contribution < 1.29 is 4.79 Å². The first-order valence-corrected chi connectivity index (χ1v) is 6.06. The molecule has 0 saturated heterocycles. The van der Waals surface area contributed by atoms with E-state index in [1.165, 1.54) is 0 Å². The van der Waals surface area contributed by atoms with Crippen LogP contribution < -0.4 is 5.32 Å². The van der Waals surface area contributed by atoms with Gasteiger partial charge in [0.15, 0.2) is 0 Å². The second kappa shape index (κ2) is 6.13. The van der Waals surface area contributed by atoms with Crippen LogP contribution in [-0.4, -0.2) is 18.3 Å². The summed E-state index contributed by atoms with van der Waals surface area (Å²) in [7, 11) is 0. The number of carbonyl (C=O) groups is 1. The van der Waals surface area contributed by atoms with Crippen LogP contribution in [-0.2, 0) is 0 Å². The molecule has 1 N–H and O–H groups in total. The topological polar surface area (TPSA) is 29.1 Å². The zero-order valence-corrected chi connectivity index (χ0v) is 10.8. The van der Waals surface area contributed by atoms with E-state index in [-0.39, 0.29) is 11.8 Å². The smallest absolute Gasteiger partial charge is 0.252 e. The fourth-order valence-electron chi connectivity index (χ4n) is 1.06. The lowest BCUT2D eigenvalue weighted by molar-refractivity contribution is 0.0948. The van der Waals surface area contributed by atoms with Gasteiger partial charge in [0.25, 0.3) is 5.91 Å². The van der Waals surface area contributed by atoms with Crippen LogP contribution in [0.5, 0.6) is 0 Å². The minimum absolute atomic E-state index is 0.0700. The Labute approximate surface area is 103 Å². The fraction of sp³-hybridized carbons (Fsp3) is 0.364. The van der Waals surface area contributed by atoms with Gasteiger partial charge >= 0.3 is 0 Å². The van der Waals surface area contributed by atoms with Gasteiger partial charge in [0.1, 0.15) is 0 Å². The Balaban J connectivity index is 2.58. The van der Waals surface area contributed by atoms with Gasteiger partial charge in [-0.3, -0.25) is 4.79 Å². The molecule has 0 fully saturated rings. The molecule has 1 aromatic rings. The molecule has 1 unspecified atom stereocenters. The lowest BCUT2D eigenvalue weighted by Gasteiger charge is -2.10. The lowest BCUT2D eigenvalue weighted by Crippen LogP contribution is -2.29. The monoisotopic (exact) mass is 289 g/mol. The van der Waals surface area contributed by atoms with E-state index >= 15 is 0 Å². The minimum Gasteiger partial charge on any atom is -0.352 e. The van der Waals surface area contributed by atoms with E-state index in [4.69, 9.17) is 11.6 Å². The van der Waals surface area contributed by atoms with Crippen LogP contribution in [0.3, 0.4) is 0 Å². The van der Waals surface area contributed by atoms with Crippen LogP contribution >= 0.6 is 27.5 Å². The molecule has 1 amide bonds. The largest absolute Gasteiger partial charge is 0.352 e. The number of rotatable bonds is 4. The summed E-state index contributed by atoms with van der Waals surface area (Å²) in [4.78, 5) is 11.7. The van der Waals surface area contributed by atoms with Crippen molar-refractivity contribution >= 4 is 33.4 Å². The molecule has 0 radical (unpaired) electrons. The van der Waals surface area contributed by atoms with Crippen molar-refractivity contribution in [2.45, 2.75) is 6.92 Å². The molecule has 0 aliphatic rings. The summed E-state index contributed by atoms with van der Waals surface area (Å²) in [5.74, 6) is 0.772. The van der Waals surface area contributed by atoms with Crippen LogP contribution in [0.4, 0.5) is 0 Å². The number of halogens is 2. The second-order valence-corrected chi connectivity index (χ2v) is 4.61. The highest BCUT2D eigenvalue weighted by Gasteiger charge is 2.09. The third-order valence-electron chi connectivity index (χ3n) is 1.99. The first-order valence-electron chi connectivity index (χ1n) is 4.74. The zero-order valence-electron chi connectivity index (χ0n) is 8.47. The third-order valence-corrected chi connectivity index (χ3v) is 3.21. The van der Waals surface area contributed by atoms with E-state index < -0.39 is 0 Å². The van der Waals surface area contributed by atoms with E-state index in [0.29, 0.717) is 18.0 Å². The molecule has 0 bridgehead atoms. The Kier molecular flexibility index (Phi) is 5.12. The summed E-state index contributed by atoms with van der Waals surface area (Å²) in [5, 5.41) is 2.84. The van der Waals surface area contributed by atoms with E-state index in [2.05, 4.69) is 21.2 Å². The normalized spacial score (nSPS) is 12.2. The summed E-state index contributed by atoms with van der Waals surface area (Å²) in [6.07, 6.45) is 0. The summed E-state index contributed by atoms with van der Waals surface area (Å²) in [5.41, 5.74) is 0.652. The van der Waals surface area contributed by atoms with E-state index in [1.54, 1.807) is 6.07 Å². The van der Waals surface area contributed by atoms with E-state index in [0.717, 1.165) is 4.47 Å². The Morgan fingerprint density at radius 1 is 1.53 bits per heavy atom. The first kappa shape index (κ1) is 12.5. The molecule has 0 spiro atoms. The number of amides is 1. The highest BCUT2D eigenvalue weighted by Crippen LogP contribution is 2.15. The van der Waals surface area contributed by atoms with E-state index in [9.17, 15) is 4.79 Å². The average molecular weight is 291 g/mol. The maximum Gasteiger partial charge on any atom is 0.252 e. The van der Waals surface area contributed by atoms with Gasteiger partial charge in [-0.2, -0.15) is 0 Å². The highest BCUT2D eigenvalue weighted by molar-refractivity contribution is 9.10. The van der Waals surface area contributed by atoms with Gasteiger partial charge in [-0.15, -0.1) is 11.6 Å². The standard InChI is InChI=1S/C11H13BrClNO/c1-8(6-13)7-14-11(15)9-4-2-3-5-10(9)12/h2-5,8H,6-7H2,1H3,(H,14,15). The van der Waals surface area contributed by atoms with Crippen LogP contribution in [0.2, 0.25) is 0 Å². The van der Waals surface area contributed by atoms with E-state index in [1.807, 2.05) is 25.1 Å². The highest BCUT2D eigenvalue weighted by atomic mass is 79.9. The maximum absolute atomic E-state index is 11.7. The molecule has 1 atom stereocenters. The predicted octanol–water partition coefficient (Wildman–Crippen LogP) is 3.05. The summed E-state index contributed by atoms with van der Waals surface area (Å²) < 4.78 is 0.807. The summed E-state index contributed by atoms with van der Waals surface area (Å²) in [6.45, 7) is 2.59. The second-order valence-electron chi connectivity index (χ2n) is 3.45. The van der Waals surface area contributed by atoms with Crippen molar-refractivity contribution in [1.29, 1.82) is 0 Å². The van der Waals surface area contributed by atoms with Gasteiger partial charge in [0, 0.05) is 16.9 Å². The Morgan fingerprint density at radius 3 is 2.80 bits per heavy atom. The Hall–Kier alpha value is -0.540. The zero-order chi connectivity index (χ0) is 11.3. The number of benzene rings is 1. The molecule has 2 nitrogen and oxygen atoms in total. The number of hydrogen-bond acceptors (Lipinski definition) is 1. The fourth-order valence-corrected chi connectivity index (χ4v) is 1.64. The van der Waals surface area contributed by atoms with Crippen molar-refractivity contribution in [2.24, 2.45) is 5.92 Å². The minimum atomic E-state index is -0.0700. The number of hydrogen-bond donors (Lipinski definition) is 1. The molecule has 4 heteroatoms. The lowest BCUT2D eigenvalue weighted by atomic mass is 10.2. The third kappa shape index (κ3) is 3.84. The Bertz CT molecular complexity index is 343. The summed E-state index contributed by atoms with van der Waals surface area (Å²) in [6, 6.07) is 7.34. The summed E-state index contributed by atoms with van der Waals surface area (Å²) >= 11 is 8.99. The molecular formula is C11H13BrClNO. The SMILES string of the molecule is CC(CCl)CNC(=O)c1ccccc1Br. The van der Waals surface area contributed by atoms with Gasteiger partial charge in [0.2, 0.25) is 0 Å². The Morgan fingerprint density at radius 2 is 2.20 bits per heavy atom. The molecule has 1 rings (SSSR count). The quantitative estimate of drug-likeness (QED) is 0.849. The molecule has 0 aromatic heterocycles. The number of carbonyl (C=O) groups excluding carboxylic acids is 1. The molecule has 0 aliphatic heterocycles. The molecular weight excluding hydrogens is 277 g/mol. The molecule has 1 aromatic carbocycles. The number of nitrogens with one attached hydrogen (secondary N) is 1. The van der Waals surface area contributed by atoms with Crippen LogP contribution in [0.15, 0.2) is 28.7 Å². The van der Waals surface area contributed by atoms with Crippen LogP contribution in [0.1, 0.15) is 17.3 Å². The van der Waals surface area contributed by atoms with Gasteiger partial charge < -0.3 is 5.32 Å². The van der Waals surface area contributed by atoms with Gasteiger partial charge in [0.05, 0.1) is 5.56 Å². The van der Waals surface area contributed by atoms with Gasteiger partial charge in [-0.25, -0.2) is 0 Å². The van der Waals surface area contributed by atoms with Crippen molar-refractivity contribution in [3.05, 3.63) is 34.3 Å². The molecule has 0 saturated carbocycles. The maximum atomic E-state index is 11.7.